The highest BCUT2D eigenvalue weighted by molar-refractivity contribution is 9.10. The highest BCUT2D eigenvalue weighted by Gasteiger charge is 2.12. The number of halogens is 2. The van der Waals surface area contributed by atoms with Gasteiger partial charge in [0, 0.05) is 4.47 Å². The Hall–Kier alpha value is -1.39. The van der Waals surface area contributed by atoms with Crippen LogP contribution in [0.5, 0.6) is 5.75 Å². The Morgan fingerprint density at radius 2 is 1.78 bits per heavy atom. The fourth-order valence-corrected chi connectivity index (χ4v) is 2.11. The van der Waals surface area contributed by atoms with Gasteiger partial charge in [-0.1, -0.05) is 46.3 Å². The molecule has 0 amide bonds. The van der Waals surface area contributed by atoms with Crippen LogP contribution in [0.25, 0.3) is 0 Å². The Morgan fingerprint density at radius 1 is 1.11 bits per heavy atom. The van der Waals surface area contributed by atoms with E-state index in [2.05, 4.69) is 15.9 Å². The van der Waals surface area contributed by atoms with Gasteiger partial charge >= 0.3 is 0 Å². The van der Waals surface area contributed by atoms with Gasteiger partial charge in [-0.2, -0.15) is 0 Å². The molecule has 0 fully saturated rings. The molecule has 1 N–H and O–H groups in total. The second kappa shape index (κ2) is 5.98. The van der Waals surface area contributed by atoms with Gasteiger partial charge in [0.15, 0.2) is 11.6 Å². The number of rotatable bonds is 4. The quantitative estimate of drug-likeness (QED) is 0.933. The molecule has 2 nitrogen and oxygen atoms in total. The van der Waals surface area contributed by atoms with Gasteiger partial charge in [0.05, 0.1) is 0 Å². The fraction of sp³-hybridized carbons (Fsp3) is 0.143. The molecule has 2 aromatic carbocycles. The van der Waals surface area contributed by atoms with Crippen molar-refractivity contribution in [2.75, 3.05) is 6.61 Å². The molecule has 4 heteroatoms. The monoisotopic (exact) mass is 310 g/mol. The number of aliphatic hydroxyl groups excluding tert-OH is 1. The topological polar surface area (TPSA) is 29.5 Å². The van der Waals surface area contributed by atoms with E-state index in [9.17, 15) is 9.50 Å². The second-order valence-corrected chi connectivity index (χ2v) is 4.63. The van der Waals surface area contributed by atoms with E-state index in [-0.39, 0.29) is 12.4 Å². The van der Waals surface area contributed by atoms with Crippen molar-refractivity contribution in [3.63, 3.8) is 0 Å². The molecule has 0 aliphatic rings. The lowest BCUT2D eigenvalue weighted by Gasteiger charge is -2.14. The highest BCUT2D eigenvalue weighted by atomic mass is 79.9. The minimum atomic E-state index is -0.805. The SMILES string of the molecule is OC(COc1ccccc1F)c1ccccc1Br. The van der Waals surface area contributed by atoms with Crippen LogP contribution in [0.1, 0.15) is 11.7 Å². The largest absolute Gasteiger partial charge is 0.487 e. The van der Waals surface area contributed by atoms with E-state index in [0.717, 1.165) is 4.47 Å². The third-order valence-corrected chi connectivity index (χ3v) is 3.22. The van der Waals surface area contributed by atoms with Crippen LogP contribution in [0.4, 0.5) is 4.39 Å². The third kappa shape index (κ3) is 3.09. The molecule has 0 bridgehead atoms. The average molecular weight is 311 g/mol. The standard InChI is InChI=1S/C14H12BrFO2/c15-11-6-2-1-5-10(11)13(17)9-18-14-8-4-3-7-12(14)16/h1-8,13,17H,9H2. The van der Waals surface area contributed by atoms with Crippen molar-refractivity contribution in [1.29, 1.82) is 0 Å². The van der Waals surface area contributed by atoms with E-state index in [0.29, 0.717) is 5.56 Å². The zero-order valence-electron chi connectivity index (χ0n) is 9.51. The Balaban J connectivity index is 2.03. The molecule has 0 aromatic heterocycles. The number of ether oxygens (including phenoxy) is 1. The van der Waals surface area contributed by atoms with E-state index in [1.165, 1.54) is 12.1 Å². The fourth-order valence-electron chi connectivity index (χ4n) is 1.57. The van der Waals surface area contributed by atoms with E-state index < -0.39 is 11.9 Å². The second-order valence-electron chi connectivity index (χ2n) is 3.78. The van der Waals surface area contributed by atoms with Crippen LogP contribution in [-0.4, -0.2) is 11.7 Å². The molecule has 2 rings (SSSR count). The molecule has 0 radical (unpaired) electrons. The Bertz CT molecular complexity index is 531. The van der Waals surface area contributed by atoms with Crippen molar-refractivity contribution in [2.24, 2.45) is 0 Å². The van der Waals surface area contributed by atoms with Crippen LogP contribution >= 0.6 is 15.9 Å². The van der Waals surface area contributed by atoms with Crippen LogP contribution in [0, 0.1) is 5.82 Å². The number of benzene rings is 2. The van der Waals surface area contributed by atoms with E-state index >= 15 is 0 Å². The summed E-state index contributed by atoms with van der Waals surface area (Å²) in [5.74, 6) is -0.291. The smallest absolute Gasteiger partial charge is 0.165 e. The minimum Gasteiger partial charge on any atom is -0.487 e. The Morgan fingerprint density at radius 3 is 2.50 bits per heavy atom. The number of hydrogen-bond acceptors (Lipinski definition) is 2. The van der Waals surface area contributed by atoms with Crippen molar-refractivity contribution in [2.45, 2.75) is 6.10 Å². The number of aliphatic hydroxyl groups is 1. The maximum absolute atomic E-state index is 13.3. The van der Waals surface area contributed by atoms with Crippen molar-refractivity contribution in [1.82, 2.24) is 0 Å². The van der Waals surface area contributed by atoms with Crippen LogP contribution in [-0.2, 0) is 0 Å². The van der Waals surface area contributed by atoms with E-state index in [4.69, 9.17) is 4.74 Å². The first-order chi connectivity index (χ1) is 8.68. The molecule has 18 heavy (non-hydrogen) atoms. The molecule has 2 aromatic rings. The van der Waals surface area contributed by atoms with Crippen LogP contribution in [0.2, 0.25) is 0 Å². The summed E-state index contributed by atoms with van der Waals surface area (Å²) in [6, 6.07) is 13.4. The van der Waals surface area contributed by atoms with Gasteiger partial charge in [-0.15, -0.1) is 0 Å². The summed E-state index contributed by atoms with van der Waals surface area (Å²) in [4.78, 5) is 0. The van der Waals surface area contributed by atoms with Crippen molar-refractivity contribution in [3.05, 3.63) is 64.4 Å². The summed E-state index contributed by atoms with van der Waals surface area (Å²) < 4.78 is 19.4. The Labute approximate surface area is 113 Å². The number of hydrogen-bond donors (Lipinski definition) is 1. The Kier molecular flexibility index (Phi) is 4.33. The average Bonchev–Trinajstić information content (AvgIpc) is 2.38. The third-order valence-electron chi connectivity index (χ3n) is 2.50. The first-order valence-electron chi connectivity index (χ1n) is 5.48. The van der Waals surface area contributed by atoms with Gasteiger partial charge in [0.25, 0.3) is 0 Å². The van der Waals surface area contributed by atoms with Gasteiger partial charge in [0.1, 0.15) is 12.7 Å². The van der Waals surface area contributed by atoms with Crippen molar-refractivity contribution < 1.29 is 14.2 Å². The lowest BCUT2D eigenvalue weighted by Crippen LogP contribution is -2.10. The molecule has 1 unspecified atom stereocenters. The normalized spacial score (nSPS) is 12.2. The summed E-state index contributed by atoms with van der Waals surface area (Å²) in [7, 11) is 0. The molecule has 1 atom stereocenters. The van der Waals surface area contributed by atoms with Gasteiger partial charge in [-0.3, -0.25) is 0 Å². The summed E-state index contributed by atoms with van der Waals surface area (Å²) in [5, 5.41) is 9.98. The predicted molar refractivity (Wildman–Crippen MR) is 71.0 cm³/mol. The molecule has 94 valence electrons. The van der Waals surface area contributed by atoms with Gasteiger partial charge < -0.3 is 9.84 Å². The summed E-state index contributed by atoms with van der Waals surface area (Å²) >= 11 is 3.35. The zero-order chi connectivity index (χ0) is 13.0. The van der Waals surface area contributed by atoms with Gasteiger partial charge in [-0.05, 0) is 23.8 Å². The first kappa shape index (κ1) is 13.1. The maximum Gasteiger partial charge on any atom is 0.165 e. The molecule has 0 aliphatic heterocycles. The summed E-state index contributed by atoms with van der Waals surface area (Å²) in [6.07, 6.45) is -0.805. The van der Waals surface area contributed by atoms with Crippen molar-refractivity contribution in [3.8, 4) is 5.75 Å². The van der Waals surface area contributed by atoms with E-state index in [1.807, 2.05) is 18.2 Å². The highest BCUT2D eigenvalue weighted by Crippen LogP contribution is 2.24. The van der Waals surface area contributed by atoms with Gasteiger partial charge in [0.2, 0.25) is 0 Å². The summed E-state index contributed by atoms with van der Waals surface area (Å²) in [6.45, 7) is 0.00352. The minimum absolute atomic E-state index is 0.00352. The molecule has 0 saturated heterocycles. The van der Waals surface area contributed by atoms with Gasteiger partial charge in [-0.25, -0.2) is 4.39 Å². The van der Waals surface area contributed by atoms with Crippen LogP contribution in [0.15, 0.2) is 53.0 Å². The molecule has 0 saturated carbocycles. The molecule has 0 aliphatic carbocycles. The summed E-state index contributed by atoms with van der Waals surface area (Å²) in [5.41, 5.74) is 0.717. The maximum atomic E-state index is 13.3. The van der Waals surface area contributed by atoms with Crippen molar-refractivity contribution >= 4 is 15.9 Å². The molecule has 0 heterocycles. The lowest BCUT2D eigenvalue weighted by atomic mass is 10.1. The van der Waals surface area contributed by atoms with Crippen LogP contribution in [0.3, 0.4) is 0 Å². The predicted octanol–water partition coefficient (Wildman–Crippen LogP) is 3.70. The lowest BCUT2D eigenvalue weighted by molar-refractivity contribution is 0.105. The molecular formula is C14H12BrFO2. The first-order valence-corrected chi connectivity index (χ1v) is 6.27. The zero-order valence-corrected chi connectivity index (χ0v) is 11.1. The molecular weight excluding hydrogens is 299 g/mol. The van der Waals surface area contributed by atoms with Crippen LogP contribution < -0.4 is 4.74 Å². The molecule has 0 spiro atoms. The number of para-hydroxylation sites is 1. The van der Waals surface area contributed by atoms with E-state index in [1.54, 1.807) is 18.2 Å².